The van der Waals surface area contributed by atoms with E-state index in [1.807, 2.05) is 54.7 Å². The van der Waals surface area contributed by atoms with Crippen LogP contribution in [0.15, 0.2) is 212 Å². The van der Waals surface area contributed by atoms with E-state index in [1.165, 1.54) is 66.4 Å². The van der Waals surface area contributed by atoms with Crippen LogP contribution in [0.5, 0.6) is 0 Å². The van der Waals surface area contributed by atoms with Gasteiger partial charge in [0.2, 0.25) is 0 Å². The van der Waals surface area contributed by atoms with Crippen molar-refractivity contribution in [2.24, 2.45) is 0 Å². The molecule has 0 spiro atoms. The first-order valence-corrected chi connectivity index (χ1v) is 27.8. The van der Waals surface area contributed by atoms with Crippen LogP contribution in [0.2, 0.25) is 0 Å². The summed E-state index contributed by atoms with van der Waals surface area (Å²) in [6.07, 6.45) is 1.82. The Kier molecular flexibility index (Phi) is 16.8. The molecule has 0 unspecified atom stereocenters. The topological polar surface area (TPSA) is 51.6 Å². The van der Waals surface area contributed by atoms with Gasteiger partial charge in [0.15, 0.2) is 17.5 Å². The molecular formula is C76H71IrN4. The van der Waals surface area contributed by atoms with Gasteiger partial charge in [-0.15, -0.1) is 70.4 Å². The van der Waals surface area contributed by atoms with Crippen LogP contribution < -0.4 is 0 Å². The van der Waals surface area contributed by atoms with Gasteiger partial charge in [0.05, 0.1) is 0 Å². The molecule has 0 fully saturated rings. The molecule has 0 aliphatic rings. The average molecular weight is 1230 g/mol. The van der Waals surface area contributed by atoms with E-state index in [4.69, 9.17) is 15.0 Å². The van der Waals surface area contributed by atoms with Crippen LogP contribution >= 0.6 is 0 Å². The second-order valence-electron chi connectivity index (χ2n) is 25.1. The number of pyridine rings is 1. The summed E-state index contributed by atoms with van der Waals surface area (Å²) in [4.78, 5) is 19.3. The summed E-state index contributed by atoms with van der Waals surface area (Å²) < 4.78 is 0. The number of benzene rings is 9. The third kappa shape index (κ3) is 13.6. The van der Waals surface area contributed by atoms with Crippen molar-refractivity contribution >= 4 is 10.8 Å². The summed E-state index contributed by atoms with van der Waals surface area (Å²) in [5, 5.41) is 2.41. The van der Waals surface area contributed by atoms with Crippen LogP contribution in [0.1, 0.15) is 105 Å². The van der Waals surface area contributed by atoms with Gasteiger partial charge in [-0.25, -0.2) is 26.1 Å². The van der Waals surface area contributed by atoms with E-state index in [2.05, 4.69) is 264 Å². The minimum Gasteiger partial charge on any atom is -0.304 e. The first-order valence-electron chi connectivity index (χ1n) is 27.8. The fourth-order valence-corrected chi connectivity index (χ4v) is 9.87. The molecule has 5 heteroatoms. The normalized spacial score (nSPS) is 11.9. The summed E-state index contributed by atoms with van der Waals surface area (Å²) in [5.41, 5.74) is 19.6. The van der Waals surface area contributed by atoms with E-state index in [0.717, 1.165) is 39.1 Å². The van der Waals surface area contributed by atoms with Crippen molar-refractivity contribution in [3.8, 4) is 89.9 Å². The van der Waals surface area contributed by atoms with E-state index in [1.54, 1.807) is 0 Å². The van der Waals surface area contributed by atoms with Crippen LogP contribution in [0.25, 0.3) is 101 Å². The zero-order valence-electron chi connectivity index (χ0n) is 48.8. The van der Waals surface area contributed by atoms with Crippen molar-refractivity contribution < 1.29 is 20.1 Å². The van der Waals surface area contributed by atoms with Crippen molar-refractivity contribution in [3.63, 3.8) is 0 Å². The van der Waals surface area contributed by atoms with Gasteiger partial charge >= 0.3 is 20.1 Å². The molecule has 0 N–H and O–H groups in total. The van der Waals surface area contributed by atoms with Gasteiger partial charge in [0.1, 0.15) is 0 Å². The number of aromatic nitrogens is 4. The van der Waals surface area contributed by atoms with Gasteiger partial charge in [-0.05, 0) is 95.6 Å². The van der Waals surface area contributed by atoms with Crippen molar-refractivity contribution in [2.45, 2.75) is 105 Å². The van der Waals surface area contributed by atoms with E-state index >= 15 is 0 Å². The molecule has 0 radical (unpaired) electrons. The maximum Gasteiger partial charge on any atom is 3.00 e. The number of rotatable bonds is 8. The molecule has 0 aliphatic heterocycles. The van der Waals surface area contributed by atoms with Gasteiger partial charge in [-0.3, -0.25) is 0 Å². The number of hydrogen-bond acceptors (Lipinski definition) is 4. The second-order valence-corrected chi connectivity index (χ2v) is 25.1. The third-order valence-electron chi connectivity index (χ3n) is 14.9. The molecular weight excluding hydrogens is 1160 g/mol. The molecule has 2 aromatic heterocycles. The fourth-order valence-electron chi connectivity index (χ4n) is 9.87. The van der Waals surface area contributed by atoms with Gasteiger partial charge in [0.25, 0.3) is 0 Å². The Morgan fingerprint density at radius 2 is 0.716 bits per heavy atom. The van der Waals surface area contributed by atoms with E-state index in [9.17, 15) is 0 Å². The van der Waals surface area contributed by atoms with Crippen LogP contribution in [0.4, 0.5) is 0 Å². The number of hydrogen-bond donors (Lipinski definition) is 0. The molecule has 11 aromatic rings. The van der Waals surface area contributed by atoms with E-state index in [0.29, 0.717) is 17.5 Å². The Morgan fingerprint density at radius 3 is 1.16 bits per heavy atom. The van der Waals surface area contributed by atoms with Gasteiger partial charge in [-0.1, -0.05) is 210 Å². The summed E-state index contributed by atoms with van der Waals surface area (Å²) in [5.74, 6) is 1.89. The Morgan fingerprint density at radius 1 is 0.309 bits per heavy atom. The Labute approximate surface area is 495 Å². The molecule has 0 saturated heterocycles. The summed E-state index contributed by atoms with van der Waals surface area (Å²) in [6.45, 7) is 26.9. The second kappa shape index (κ2) is 23.6. The third-order valence-corrected chi connectivity index (χ3v) is 14.9. The predicted molar refractivity (Wildman–Crippen MR) is 336 cm³/mol. The van der Waals surface area contributed by atoms with Crippen LogP contribution in [-0.4, -0.2) is 19.9 Å². The van der Waals surface area contributed by atoms with E-state index in [-0.39, 0.29) is 41.8 Å². The standard InChI is InChI=1S/C42H38.C34H33N4.Ir/c1-41(2,3)37-21-17-29(18-22-37)34-26-35(30-19-23-38(24-20-30)42(4,5)6)28-36(27-34)32-13-9-14-33(25-32)40-16-10-12-31-11-7-8-15-39(31)40;1-33(2,3)27-17-12-24(13-18-27)30-36-31(25-14-19-28(20-15-25)34(4,5)6)38-32(37-30)26-16-21-29(35-22-26)23-10-8-7-9-11-23;/h7-13,15,17-28H,1-6H3;7-10,12-22H,1-6H3;/q-2;-1;+3. The minimum atomic E-state index is 0. The molecule has 0 amide bonds. The molecule has 81 heavy (non-hydrogen) atoms. The molecule has 404 valence electrons. The zero-order valence-corrected chi connectivity index (χ0v) is 51.2. The van der Waals surface area contributed by atoms with Crippen molar-refractivity contribution in [1.82, 2.24) is 19.9 Å². The van der Waals surface area contributed by atoms with Gasteiger partial charge in [-0.2, -0.15) is 30.3 Å². The number of nitrogens with zero attached hydrogens (tertiary/aromatic N) is 4. The molecule has 0 atom stereocenters. The van der Waals surface area contributed by atoms with Crippen molar-refractivity contribution in [2.75, 3.05) is 0 Å². The summed E-state index contributed by atoms with van der Waals surface area (Å²) >= 11 is 0. The smallest absolute Gasteiger partial charge is 0.304 e. The maximum atomic E-state index is 4.90. The average Bonchev–Trinajstić information content (AvgIpc) is 3.48. The molecule has 2 heterocycles. The molecule has 4 nitrogen and oxygen atoms in total. The number of fused-ring (bicyclic) bond motifs is 1. The summed E-state index contributed by atoms with van der Waals surface area (Å²) in [7, 11) is 0. The fraction of sp³-hybridized carbons (Fsp3) is 0.211. The monoisotopic (exact) mass is 1230 g/mol. The maximum absolute atomic E-state index is 4.90. The van der Waals surface area contributed by atoms with Crippen LogP contribution in [0, 0.1) is 18.2 Å². The Bertz CT molecular complexity index is 3750. The largest absolute Gasteiger partial charge is 3.00 e. The van der Waals surface area contributed by atoms with Crippen molar-refractivity contribution in [3.05, 3.63) is 253 Å². The SMILES string of the molecule is CC(C)(C)c1ccc(-c2cc(-c3ccc(C(C)(C)C)cc3)cc(-c3cc[c-]c(-c4[c-]ccc5ccccc45)c3)c2)cc1.CC(C)(C)c1ccc(-c2nc(-c3ccc(C(C)(C)C)cc3)nc(-c3ccc(-c4[c-]cccc4)nc3)n2)cc1.[Ir+3]. The Hall–Kier alpha value is -7.95. The molecule has 11 rings (SSSR count). The Balaban J connectivity index is 0.000000194. The minimum absolute atomic E-state index is 0. The summed E-state index contributed by atoms with van der Waals surface area (Å²) in [6, 6.07) is 83.3. The van der Waals surface area contributed by atoms with E-state index < -0.39 is 0 Å². The first kappa shape index (κ1) is 57.7. The first-order chi connectivity index (χ1) is 38.1. The predicted octanol–water partition coefficient (Wildman–Crippen LogP) is 20.0. The molecule has 9 aromatic carbocycles. The zero-order chi connectivity index (χ0) is 56.4. The van der Waals surface area contributed by atoms with Crippen molar-refractivity contribution in [1.29, 1.82) is 0 Å². The van der Waals surface area contributed by atoms with Gasteiger partial charge < -0.3 is 4.98 Å². The molecule has 0 bridgehead atoms. The molecule has 0 aliphatic carbocycles. The van der Waals surface area contributed by atoms with Gasteiger partial charge in [0, 0.05) is 22.9 Å². The molecule has 0 saturated carbocycles. The van der Waals surface area contributed by atoms with Crippen LogP contribution in [-0.2, 0) is 41.8 Å². The van der Waals surface area contributed by atoms with Crippen LogP contribution in [0.3, 0.4) is 0 Å². The quantitative estimate of drug-likeness (QED) is 0.142.